The molecule has 200 valence electrons. The summed E-state index contributed by atoms with van der Waals surface area (Å²) in [5, 5.41) is 19.2. The van der Waals surface area contributed by atoms with E-state index in [-0.39, 0.29) is 13.0 Å². The molecule has 1 aromatic heterocycles. The molecule has 0 bridgehead atoms. The third kappa shape index (κ3) is 6.06. The van der Waals surface area contributed by atoms with Gasteiger partial charge in [0.25, 0.3) is 10.2 Å². The number of para-hydroxylation sites is 1. The summed E-state index contributed by atoms with van der Waals surface area (Å²) in [5.74, 6) is -0.476. The molecule has 2 heterocycles. The monoisotopic (exact) mass is 535 g/mol. The van der Waals surface area contributed by atoms with E-state index in [2.05, 4.69) is 20.3 Å². The molecule has 10 heteroatoms. The number of amides is 1. The molecule has 2 atom stereocenters. The van der Waals surface area contributed by atoms with E-state index in [1.54, 1.807) is 0 Å². The highest BCUT2D eigenvalue weighted by atomic mass is 32.2. The van der Waals surface area contributed by atoms with Gasteiger partial charge in [-0.1, -0.05) is 60.7 Å². The molecular formula is C28H33N5O4S. The smallest absolute Gasteiger partial charge is 0.280 e. The number of hydrogen-bond acceptors (Lipinski definition) is 5. The van der Waals surface area contributed by atoms with Gasteiger partial charge in [-0.05, 0) is 40.8 Å². The van der Waals surface area contributed by atoms with Gasteiger partial charge in [0.15, 0.2) is 0 Å². The second kappa shape index (κ2) is 11.6. The summed E-state index contributed by atoms with van der Waals surface area (Å²) in [7, 11) is -3.90. The van der Waals surface area contributed by atoms with Crippen LogP contribution in [0, 0.1) is 0 Å². The second-order valence-corrected chi connectivity index (χ2v) is 11.4. The maximum Gasteiger partial charge on any atom is 0.280 e. The van der Waals surface area contributed by atoms with Crippen LogP contribution in [0.4, 0.5) is 0 Å². The summed E-state index contributed by atoms with van der Waals surface area (Å²) in [4.78, 5) is 16.8. The van der Waals surface area contributed by atoms with Crippen LogP contribution in [-0.4, -0.2) is 73.6 Å². The van der Waals surface area contributed by atoms with E-state index >= 15 is 0 Å². The Morgan fingerprint density at radius 2 is 1.71 bits per heavy atom. The van der Waals surface area contributed by atoms with E-state index < -0.39 is 28.2 Å². The van der Waals surface area contributed by atoms with Crippen molar-refractivity contribution in [2.45, 2.75) is 24.9 Å². The lowest BCUT2D eigenvalue weighted by Crippen LogP contribution is -2.57. The molecule has 0 unspecified atom stereocenters. The maximum atomic E-state index is 13.5. The number of nitrogens with one attached hydrogen (secondary N) is 4. The van der Waals surface area contributed by atoms with Crippen molar-refractivity contribution in [1.29, 1.82) is 0 Å². The zero-order chi connectivity index (χ0) is 26.5. The van der Waals surface area contributed by atoms with Crippen LogP contribution in [0.1, 0.15) is 11.1 Å². The van der Waals surface area contributed by atoms with Crippen LogP contribution in [-0.2, 0) is 27.8 Å². The Morgan fingerprint density at radius 1 is 0.974 bits per heavy atom. The van der Waals surface area contributed by atoms with Crippen LogP contribution in [0.25, 0.3) is 21.7 Å². The van der Waals surface area contributed by atoms with Crippen molar-refractivity contribution in [2.24, 2.45) is 0 Å². The van der Waals surface area contributed by atoms with Crippen LogP contribution in [0.3, 0.4) is 0 Å². The van der Waals surface area contributed by atoms with Gasteiger partial charge in [-0.3, -0.25) is 4.79 Å². The Labute approximate surface area is 222 Å². The highest BCUT2D eigenvalue weighted by Crippen LogP contribution is 2.20. The Morgan fingerprint density at radius 3 is 2.50 bits per heavy atom. The highest BCUT2D eigenvalue weighted by molar-refractivity contribution is 7.87. The number of piperazine rings is 1. The molecule has 0 saturated carbocycles. The van der Waals surface area contributed by atoms with Crippen molar-refractivity contribution in [1.82, 2.24) is 24.6 Å². The number of aliphatic hydroxyl groups is 1. The summed E-state index contributed by atoms with van der Waals surface area (Å²) < 4.78 is 30.4. The van der Waals surface area contributed by atoms with Gasteiger partial charge < -0.3 is 20.7 Å². The number of carbonyl (C=O) groups is 1. The number of hydrogen-bond donors (Lipinski definition) is 5. The Hall–Kier alpha value is -3.28. The van der Waals surface area contributed by atoms with Crippen LogP contribution in [0.5, 0.6) is 0 Å². The molecule has 4 aromatic rings. The van der Waals surface area contributed by atoms with Gasteiger partial charge in [-0.2, -0.15) is 17.4 Å². The van der Waals surface area contributed by atoms with Gasteiger partial charge in [-0.15, -0.1) is 0 Å². The number of nitrogens with zero attached hydrogens (tertiary/aromatic N) is 1. The summed E-state index contributed by atoms with van der Waals surface area (Å²) in [6.45, 7) is 1.50. The van der Waals surface area contributed by atoms with Crippen LogP contribution in [0.2, 0.25) is 0 Å². The Bertz CT molecular complexity index is 1510. The lowest BCUT2D eigenvalue weighted by atomic mass is 10.0. The first-order valence-corrected chi connectivity index (χ1v) is 14.3. The summed E-state index contributed by atoms with van der Waals surface area (Å²) in [6.07, 6.45) is 2.45. The van der Waals surface area contributed by atoms with Crippen molar-refractivity contribution in [2.75, 3.05) is 32.8 Å². The standard InChI is InChI=1S/C28H33N5O4S/c34-19-24(17-23-18-30-26-8-4-3-7-25(23)26)31-28(35)27(32-38(36,37)33-13-11-29-12-14-33)16-20-9-10-21-5-1-2-6-22(21)15-20/h1-10,15,18,24,27,29-30,32,34H,11-14,16-17,19H2,(H,31,35)/t24-,27-/m1/s1. The van der Waals surface area contributed by atoms with Gasteiger partial charge in [0.05, 0.1) is 12.6 Å². The third-order valence-corrected chi connectivity index (χ3v) is 8.61. The van der Waals surface area contributed by atoms with Crippen molar-refractivity contribution < 1.29 is 18.3 Å². The molecule has 5 rings (SSSR count). The lowest BCUT2D eigenvalue weighted by molar-refractivity contribution is -0.123. The molecule has 1 aliphatic heterocycles. The predicted molar refractivity (Wildman–Crippen MR) is 149 cm³/mol. The molecule has 9 nitrogen and oxygen atoms in total. The summed E-state index contributed by atoms with van der Waals surface area (Å²) >= 11 is 0. The number of carbonyl (C=O) groups excluding carboxylic acids is 1. The summed E-state index contributed by atoms with van der Waals surface area (Å²) in [5.41, 5.74) is 2.78. The summed E-state index contributed by atoms with van der Waals surface area (Å²) in [6, 6.07) is 20.0. The zero-order valence-corrected chi connectivity index (χ0v) is 21.9. The van der Waals surface area contributed by atoms with Crippen LogP contribution in [0.15, 0.2) is 72.9 Å². The largest absolute Gasteiger partial charge is 0.394 e. The van der Waals surface area contributed by atoms with Crippen LogP contribution >= 0.6 is 0 Å². The van der Waals surface area contributed by atoms with E-state index in [0.29, 0.717) is 32.6 Å². The average molecular weight is 536 g/mol. The second-order valence-electron chi connectivity index (χ2n) is 9.66. The number of rotatable bonds is 10. The first-order valence-electron chi connectivity index (χ1n) is 12.8. The van der Waals surface area contributed by atoms with Gasteiger partial charge in [0.2, 0.25) is 5.91 Å². The third-order valence-electron chi connectivity index (χ3n) is 6.99. The molecule has 1 saturated heterocycles. The molecular weight excluding hydrogens is 502 g/mol. The van der Waals surface area contributed by atoms with E-state index in [1.165, 1.54) is 4.31 Å². The minimum absolute atomic E-state index is 0.174. The molecule has 1 fully saturated rings. The fourth-order valence-electron chi connectivity index (χ4n) is 4.96. The molecule has 5 N–H and O–H groups in total. The number of fused-ring (bicyclic) bond motifs is 2. The zero-order valence-electron chi connectivity index (χ0n) is 21.1. The van der Waals surface area contributed by atoms with Gasteiger partial charge >= 0.3 is 0 Å². The molecule has 1 aliphatic rings. The van der Waals surface area contributed by atoms with E-state index in [4.69, 9.17) is 0 Å². The molecule has 0 spiro atoms. The predicted octanol–water partition coefficient (Wildman–Crippen LogP) is 1.69. The first-order chi connectivity index (χ1) is 18.4. The number of aromatic amines is 1. The van der Waals surface area contributed by atoms with Gasteiger partial charge in [-0.25, -0.2) is 0 Å². The average Bonchev–Trinajstić information content (AvgIpc) is 3.35. The van der Waals surface area contributed by atoms with Crippen molar-refractivity contribution in [3.63, 3.8) is 0 Å². The van der Waals surface area contributed by atoms with Crippen molar-refractivity contribution >= 4 is 37.8 Å². The van der Waals surface area contributed by atoms with Gasteiger partial charge in [0, 0.05) is 43.3 Å². The minimum atomic E-state index is -3.90. The molecule has 0 radical (unpaired) electrons. The number of benzene rings is 3. The molecule has 0 aliphatic carbocycles. The van der Waals surface area contributed by atoms with Crippen molar-refractivity contribution in [3.05, 3.63) is 84.1 Å². The van der Waals surface area contributed by atoms with E-state index in [9.17, 15) is 18.3 Å². The SMILES string of the molecule is O=C(N[C@@H](CO)Cc1c[nH]c2ccccc12)[C@@H](Cc1ccc2ccccc2c1)NS(=O)(=O)N1CCNCC1. The Kier molecular flexibility index (Phi) is 8.06. The van der Waals surface area contributed by atoms with Crippen LogP contribution < -0.4 is 15.4 Å². The normalized spacial score (nSPS) is 16.4. The van der Waals surface area contributed by atoms with Crippen molar-refractivity contribution in [3.8, 4) is 0 Å². The number of aromatic nitrogens is 1. The highest BCUT2D eigenvalue weighted by Gasteiger charge is 2.31. The Balaban J connectivity index is 1.37. The topological polar surface area (TPSA) is 127 Å². The minimum Gasteiger partial charge on any atom is -0.394 e. The molecule has 38 heavy (non-hydrogen) atoms. The molecule has 1 amide bonds. The number of H-pyrrole nitrogens is 1. The maximum absolute atomic E-state index is 13.5. The first kappa shape index (κ1) is 26.3. The molecule has 3 aromatic carbocycles. The number of aliphatic hydroxyl groups excluding tert-OH is 1. The van der Waals surface area contributed by atoms with Gasteiger partial charge in [0.1, 0.15) is 6.04 Å². The van der Waals surface area contributed by atoms with E-state index in [1.807, 2.05) is 72.9 Å². The fraction of sp³-hybridized carbons (Fsp3) is 0.321. The lowest BCUT2D eigenvalue weighted by Gasteiger charge is -2.29. The fourth-order valence-corrected chi connectivity index (χ4v) is 6.32. The van der Waals surface area contributed by atoms with E-state index in [0.717, 1.165) is 32.8 Å². The quantitative estimate of drug-likeness (QED) is 0.211.